The van der Waals surface area contributed by atoms with Crippen LogP contribution in [0.25, 0.3) is 0 Å². The first-order valence-electron chi connectivity index (χ1n) is 5.95. The van der Waals surface area contributed by atoms with Crippen LogP contribution in [0.1, 0.15) is 36.9 Å². The van der Waals surface area contributed by atoms with E-state index in [4.69, 9.17) is 0 Å². The van der Waals surface area contributed by atoms with Crippen LogP contribution in [0.2, 0.25) is 0 Å². The zero-order valence-electron chi connectivity index (χ0n) is 9.02. The Morgan fingerprint density at radius 2 is 2.13 bits per heavy atom. The van der Waals surface area contributed by atoms with Gasteiger partial charge in [0.1, 0.15) is 6.33 Å². The molecule has 1 aromatic heterocycles. The number of nitrogens with zero attached hydrogens (tertiary/aromatic N) is 3. The Balaban J connectivity index is 1.76. The molecule has 0 radical (unpaired) electrons. The lowest BCUT2D eigenvalue weighted by Crippen LogP contribution is -2.38. The number of aromatic nitrogens is 2. The van der Waals surface area contributed by atoms with Crippen LogP contribution < -0.4 is 0 Å². The molecule has 1 saturated carbocycles. The van der Waals surface area contributed by atoms with Gasteiger partial charge in [0, 0.05) is 43.0 Å². The molecule has 1 fully saturated rings. The average Bonchev–Trinajstić information content (AvgIpc) is 2.82. The van der Waals surface area contributed by atoms with Crippen molar-refractivity contribution in [1.29, 1.82) is 0 Å². The van der Waals surface area contributed by atoms with Crippen molar-refractivity contribution in [1.82, 2.24) is 14.9 Å². The van der Waals surface area contributed by atoms with Crippen molar-refractivity contribution in [3.8, 4) is 0 Å². The summed E-state index contributed by atoms with van der Waals surface area (Å²) in [7, 11) is 0. The molecule has 0 bridgehead atoms. The van der Waals surface area contributed by atoms with Crippen molar-refractivity contribution in [3.63, 3.8) is 0 Å². The van der Waals surface area contributed by atoms with Crippen molar-refractivity contribution in [2.45, 2.75) is 44.7 Å². The summed E-state index contributed by atoms with van der Waals surface area (Å²) in [5, 5.41) is 0. The lowest BCUT2D eigenvalue weighted by Gasteiger charge is -2.32. The standard InChI is InChI=1S/C12H17N3/c1-2-4-11(3-1)15-6-5-12-10(8-15)7-13-9-14-12/h7,9,11H,1-6,8H2. The van der Waals surface area contributed by atoms with Crippen molar-refractivity contribution >= 4 is 0 Å². The van der Waals surface area contributed by atoms with E-state index in [0.29, 0.717) is 0 Å². The largest absolute Gasteiger partial charge is 0.296 e. The van der Waals surface area contributed by atoms with Crippen molar-refractivity contribution in [3.05, 3.63) is 23.8 Å². The Hall–Kier alpha value is -0.960. The molecule has 3 nitrogen and oxygen atoms in total. The molecule has 0 aromatic carbocycles. The van der Waals surface area contributed by atoms with Crippen molar-refractivity contribution in [2.75, 3.05) is 6.54 Å². The molecule has 2 aliphatic rings. The molecular formula is C12H17N3. The Labute approximate surface area is 90.5 Å². The van der Waals surface area contributed by atoms with Gasteiger partial charge in [0.15, 0.2) is 0 Å². The van der Waals surface area contributed by atoms with Crippen LogP contribution in [0.3, 0.4) is 0 Å². The Morgan fingerprint density at radius 3 is 3.00 bits per heavy atom. The fourth-order valence-corrected chi connectivity index (χ4v) is 2.87. The van der Waals surface area contributed by atoms with Gasteiger partial charge in [-0.2, -0.15) is 0 Å². The van der Waals surface area contributed by atoms with E-state index in [1.54, 1.807) is 6.33 Å². The van der Waals surface area contributed by atoms with Gasteiger partial charge in [-0.1, -0.05) is 12.8 Å². The summed E-state index contributed by atoms with van der Waals surface area (Å²) in [6, 6.07) is 0.832. The highest BCUT2D eigenvalue weighted by Crippen LogP contribution is 2.27. The second kappa shape index (κ2) is 3.89. The predicted octanol–water partition coefficient (Wildman–Crippen LogP) is 1.78. The van der Waals surface area contributed by atoms with Gasteiger partial charge >= 0.3 is 0 Å². The lowest BCUT2D eigenvalue weighted by atomic mass is 10.0. The first kappa shape index (κ1) is 9.28. The van der Waals surface area contributed by atoms with E-state index < -0.39 is 0 Å². The van der Waals surface area contributed by atoms with Crippen LogP contribution in [-0.4, -0.2) is 27.5 Å². The normalized spacial score (nSPS) is 22.9. The molecule has 3 rings (SSSR count). The lowest BCUT2D eigenvalue weighted by molar-refractivity contribution is 0.179. The highest BCUT2D eigenvalue weighted by Gasteiger charge is 2.26. The maximum absolute atomic E-state index is 4.34. The topological polar surface area (TPSA) is 29.0 Å². The number of rotatable bonds is 1. The van der Waals surface area contributed by atoms with E-state index in [0.717, 1.165) is 19.0 Å². The summed E-state index contributed by atoms with van der Waals surface area (Å²) >= 11 is 0. The molecule has 0 atom stereocenters. The number of hydrogen-bond donors (Lipinski definition) is 0. The van der Waals surface area contributed by atoms with Crippen LogP contribution in [0, 0.1) is 0 Å². The van der Waals surface area contributed by atoms with Gasteiger partial charge in [-0.25, -0.2) is 9.97 Å². The molecular weight excluding hydrogens is 186 g/mol. The molecule has 0 saturated heterocycles. The van der Waals surface area contributed by atoms with Crippen LogP contribution in [0.5, 0.6) is 0 Å². The van der Waals surface area contributed by atoms with Crippen LogP contribution in [0.15, 0.2) is 12.5 Å². The summed E-state index contributed by atoms with van der Waals surface area (Å²) < 4.78 is 0. The quantitative estimate of drug-likeness (QED) is 0.696. The molecule has 1 aliphatic heterocycles. The molecule has 0 amide bonds. The first-order valence-corrected chi connectivity index (χ1v) is 5.95. The maximum Gasteiger partial charge on any atom is 0.115 e. The monoisotopic (exact) mass is 203 g/mol. The number of hydrogen-bond acceptors (Lipinski definition) is 3. The molecule has 0 N–H and O–H groups in total. The summed E-state index contributed by atoms with van der Waals surface area (Å²) in [6.07, 6.45) is 10.4. The van der Waals surface area contributed by atoms with Gasteiger partial charge in [0.2, 0.25) is 0 Å². The summed E-state index contributed by atoms with van der Waals surface area (Å²) in [6.45, 7) is 2.26. The van der Waals surface area contributed by atoms with Gasteiger partial charge in [0.05, 0.1) is 0 Å². The molecule has 15 heavy (non-hydrogen) atoms. The minimum Gasteiger partial charge on any atom is -0.296 e. The molecule has 0 unspecified atom stereocenters. The third-order valence-electron chi connectivity index (χ3n) is 3.73. The average molecular weight is 203 g/mol. The molecule has 1 aliphatic carbocycles. The Kier molecular flexibility index (Phi) is 2.41. The minimum absolute atomic E-state index is 0.832. The van der Waals surface area contributed by atoms with Crippen LogP contribution in [0.4, 0.5) is 0 Å². The second-order valence-electron chi connectivity index (χ2n) is 4.65. The third kappa shape index (κ3) is 1.76. The fraction of sp³-hybridized carbons (Fsp3) is 0.667. The highest BCUT2D eigenvalue weighted by atomic mass is 15.2. The smallest absolute Gasteiger partial charge is 0.115 e. The summed E-state index contributed by atoms with van der Waals surface area (Å²) in [5.74, 6) is 0. The second-order valence-corrected chi connectivity index (χ2v) is 4.65. The molecule has 0 spiro atoms. The van der Waals surface area contributed by atoms with E-state index in [9.17, 15) is 0 Å². The summed E-state index contributed by atoms with van der Waals surface area (Å²) in [4.78, 5) is 11.1. The van der Waals surface area contributed by atoms with Gasteiger partial charge < -0.3 is 0 Å². The highest BCUT2D eigenvalue weighted by molar-refractivity contribution is 5.19. The fourth-order valence-electron chi connectivity index (χ4n) is 2.87. The van der Waals surface area contributed by atoms with E-state index >= 15 is 0 Å². The van der Waals surface area contributed by atoms with Crippen molar-refractivity contribution < 1.29 is 0 Å². The van der Waals surface area contributed by atoms with E-state index in [-0.39, 0.29) is 0 Å². The zero-order chi connectivity index (χ0) is 10.1. The van der Waals surface area contributed by atoms with Gasteiger partial charge in [-0.05, 0) is 12.8 Å². The molecule has 3 heteroatoms. The third-order valence-corrected chi connectivity index (χ3v) is 3.73. The van der Waals surface area contributed by atoms with Gasteiger partial charge in [-0.15, -0.1) is 0 Å². The molecule has 80 valence electrons. The van der Waals surface area contributed by atoms with E-state index in [2.05, 4.69) is 14.9 Å². The Morgan fingerprint density at radius 1 is 1.27 bits per heavy atom. The van der Waals surface area contributed by atoms with Crippen LogP contribution in [-0.2, 0) is 13.0 Å². The first-order chi connectivity index (χ1) is 7.43. The maximum atomic E-state index is 4.34. The van der Waals surface area contributed by atoms with E-state index in [1.165, 1.54) is 43.5 Å². The van der Waals surface area contributed by atoms with Crippen LogP contribution >= 0.6 is 0 Å². The van der Waals surface area contributed by atoms with Crippen molar-refractivity contribution in [2.24, 2.45) is 0 Å². The van der Waals surface area contributed by atoms with Gasteiger partial charge in [0.25, 0.3) is 0 Å². The molecule has 2 heterocycles. The van der Waals surface area contributed by atoms with Gasteiger partial charge in [-0.3, -0.25) is 4.90 Å². The molecule has 1 aromatic rings. The SMILES string of the molecule is c1ncc2c(n1)CCN(C1CCCC1)C2. The number of fused-ring (bicyclic) bond motifs is 1. The zero-order valence-corrected chi connectivity index (χ0v) is 9.02. The van der Waals surface area contributed by atoms with E-state index in [1.807, 2.05) is 6.20 Å². The summed E-state index contributed by atoms with van der Waals surface area (Å²) in [5.41, 5.74) is 2.61. The predicted molar refractivity (Wildman–Crippen MR) is 58.4 cm³/mol. The minimum atomic E-state index is 0.832. The Bertz CT molecular complexity index is 344.